The quantitative estimate of drug-likeness (QED) is 0.384. The monoisotopic (exact) mass is 491 g/mol. The summed E-state index contributed by atoms with van der Waals surface area (Å²) in [7, 11) is -2.59. The number of nitrogens with zero attached hydrogens (tertiary/aromatic N) is 2. The second-order valence-electron chi connectivity index (χ2n) is 8.28. The highest BCUT2D eigenvalue weighted by Gasteiger charge is 2.32. The molecule has 0 aliphatic heterocycles. The van der Waals surface area contributed by atoms with Gasteiger partial charge < -0.3 is 10.8 Å². The lowest BCUT2D eigenvalue weighted by molar-refractivity contribution is 0.108. The van der Waals surface area contributed by atoms with E-state index in [1.54, 1.807) is 73.7 Å². The number of anilines is 1. The molecule has 4 rings (SSSR count). The zero-order chi connectivity index (χ0) is 25.2. The standard InChI is InChI=1S/C27H26FN3O3S/c1-18(27(32)19-8-4-3-5-9-19)31(2)35(33,34)25-11-7-6-10-23(25)20-12-14-22(24(28)16-20)21-13-15-26(29)30-17-21/h3-18,27,32H,1-2H3,(H2,29,30)/t18-,27-/m0/s1. The van der Waals surface area contributed by atoms with Gasteiger partial charge in [-0.15, -0.1) is 0 Å². The molecule has 0 aliphatic rings. The molecule has 180 valence electrons. The Morgan fingerprint density at radius 2 is 1.57 bits per heavy atom. The number of hydrogen-bond acceptors (Lipinski definition) is 5. The molecule has 2 atom stereocenters. The molecule has 4 aromatic rings. The molecule has 1 heterocycles. The average Bonchev–Trinajstić information content (AvgIpc) is 2.88. The predicted octanol–water partition coefficient (Wildman–Crippen LogP) is 4.88. The van der Waals surface area contributed by atoms with Crippen molar-refractivity contribution < 1.29 is 17.9 Å². The normalized spacial score (nSPS) is 13.5. The van der Waals surface area contributed by atoms with Crippen molar-refractivity contribution in [1.29, 1.82) is 0 Å². The summed E-state index contributed by atoms with van der Waals surface area (Å²) in [5.41, 5.74) is 7.90. The van der Waals surface area contributed by atoms with Crippen molar-refractivity contribution in [1.82, 2.24) is 9.29 Å². The third kappa shape index (κ3) is 4.95. The number of aliphatic hydroxyl groups is 1. The number of halogens is 1. The summed E-state index contributed by atoms with van der Waals surface area (Å²) in [6.45, 7) is 1.65. The van der Waals surface area contributed by atoms with Gasteiger partial charge in [0.05, 0.1) is 17.0 Å². The van der Waals surface area contributed by atoms with Crippen LogP contribution in [0, 0.1) is 5.82 Å². The Bertz CT molecular complexity index is 1430. The number of sulfonamides is 1. The van der Waals surface area contributed by atoms with Crippen molar-refractivity contribution in [3.05, 3.63) is 103 Å². The number of aromatic nitrogens is 1. The maximum atomic E-state index is 15.1. The van der Waals surface area contributed by atoms with Crippen molar-refractivity contribution in [2.75, 3.05) is 12.8 Å². The lowest BCUT2D eigenvalue weighted by atomic mass is 10.0. The van der Waals surface area contributed by atoms with E-state index < -0.39 is 28.0 Å². The van der Waals surface area contributed by atoms with E-state index in [9.17, 15) is 13.5 Å². The van der Waals surface area contributed by atoms with Crippen LogP contribution in [-0.4, -0.2) is 35.9 Å². The molecule has 0 radical (unpaired) electrons. The van der Waals surface area contributed by atoms with Gasteiger partial charge in [-0.25, -0.2) is 17.8 Å². The average molecular weight is 492 g/mol. The minimum atomic E-state index is -4.02. The molecule has 3 N–H and O–H groups in total. The molecule has 0 bridgehead atoms. The minimum absolute atomic E-state index is 0.0240. The van der Waals surface area contributed by atoms with Crippen LogP contribution in [0.15, 0.2) is 96.0 Å². The third-order valence-corrected chi connectivity index (χ3v) is 8.10. The first-order valence-corrected chi connectivity index (χ1v) is 12.5. The topological polar surface area (TPSA) is 96.5 Å². The molecule has 0 saturated heterocycles. The Labute approximate surface area is 204 Å². The maximum absolute atomic E-state index is 15.1. The lowest BCUT2D eigenvalue weighted by Gasteiger charge is -2.29. The van der Waals surface area contributed by atoms with Crippen LogP contribution < -0.4 is 5.73 Å². The Morgan fingerprint density at radius 3 is 2.23 bits per heavy atom. The number of likely N-dealkylation sites (N-methyl/N-ethyl adjacent to an activating group) is 1. The molecule has 0 aliphatic carbocycles. The van der Waals surface area contributed by atoms with Crippen LogP contribution >= 0.6 is 0 Å². The highest BCUT2D eigenvalue weighted by molar-refractivity contribution is 7.89. The largest absolute Gasteiger partial charge is 0.387 e. The SMILES string of the molecule is C[C@@H]([C@H](O)c1ccccc1)N(C)S(=O)(=O)c1ccccc1-c1ccc(-c2ccc(N)nc2)c(F)c1. The molecule has 8 heteroatoms. The highest BCUT2D eigenvalue weighted by Crippen LogP contribution is 2.34. The van der Waals surface area contributed by atoms with E-state index in [0.717, 1.165) is 4.31 Å². The molecule has 0 spiro atoms. The Balaban J connectivity index is 1.69. The van der Waals surface area contributed by atoms with Crippen LogP contribution in [0.1, 0.15) is 18.6 Å². The van der Waals surface area contributed by atoms with Crippen molar-refractivity contribution >= 4 is 15.8 Å². The fourth-order valence-electron chi connectivity index (χ4n) is 3.91. The van der Waals surface area contributed by atoms with Crippen LogP contribution in [0.5, 0.6) is 0 Å². The van der Waals surface area contributed by atoms with Crippen LogP contribution in [0.2, 0.25) is 0 Å². The number of hydrogen-bond donors (Lipinski definition) is 2. The van der Waals surface area contributed by atoms with E-state index in [1.165, 1.54) is 25.4 Å². The van der Waals surface area contributed by atoms with Crippen LogP contribution in [-0.2, 0) is 10.0 Å². The first-order chi connectivity index (χ1) is 16.7. The van der Waals surface area contributed by atoms with Crippen molar-refractivity contribution in [2.24, 2.45) is 0 Å². The van der Waals surface area contributed by atoms with Crippen molar-refractivity contribution in [3.63, 3.8) is 0 Å². The fourth-order valence-corrected chi connectivity index (χ4v) is 5.49. The van der Waals surface area contributed by atoms with E-state index in [4.69, 9.17) is 5.73 Å². The molecule has 6 nitrogen and oxygen atoms in total. The van der Waals surface area contributed by atoms with Gasteiger partial charge in [-0.3, -0.25) is 0 Å². The van der Waals surface area contributed by atoms with Gasteiger partial charge in [-0.2, -0.15) is 4.31 Å². The minimum Gasteiger partial charge on any atom is -0.387 e. The summed E-state index contributed by atoms with van der Waals surface area (Å²) < 4.78 is 43.4. The van der Waals surface area contributed by atoms with Gasteiger partial charge in [-0.1, -0.05) is 60.7 Å². The smallest absolute Gasteiger partial charge is 0.243 e. The summed E-state index contributed by atoms with van der Waals surface area (Å²) in [6.07, 6.45) is 0.466. The molecule has 0 saturated carbocycles. The van der Waals surface area contributed by atoms with E-state index in [0.29, 0.717) is 33.6 Å². The molecular weight excluding hydrogens is 465 g/mol. The van der Waals surface area contributed by atoms with Crippen LogP contribution in [0.4, 0.5) is 10.2 Å². The lowest BCUT2D eigenvalue weighted by Crippen LogP contribution is -2.39. The summed E-state index contributed by atoms with van der Waals surface area (Å²) in [5, 5.41) is 10.8. The summed E-state index contributed by atoms with van der Waals surface area (Å²) in [6, 6.07) is 22.4. The maximum Gasteiger partial charge on any atom is 0.243 e. The van der Waals surface area contributed by atoms with Gasteiger partial charge in [0, 0.05) is 29.9 Å². The Morgan fingerprint density at radius 1 is 0.914 bits per heavy atom. The van der Waals surface area contributed by atoms with Gasteiger partial charge in [0.1, 0.15) is 11.6 Å². The molecule has 1 aromatic heterocycles. The van der Waals surface area contributed by atoms with E-state index >= 15 is 4.39 Å². The predicted molar refractivity (Wildman–Crippen MR) is 135 cm³/mol. The van der Waals surface area contributed by atoms with Gasteiger partial charge >= 0.3 is 0 Å². The zero-order valence-corrected chi connectivity index (χ0v) is 20.2. The van der Waals surface area contributed by atoms with Gasteiger partial charge in [-0.05, 0) is 42.3 Å². The Kier molecular flexibility index (Phi) is 6.98. The number of benzene rings is 3. The fraction of sp³-hybridized carbons (Fsp3) is 0.148. The number of pyridine rings is 1. The van der Waals surface area contributed by atoms with E-state index in [-0.39, 0.29) is 4.90 Å². The van der Waals surface area contributed by atoms with Crippen LogP contribution in [0.25, 0.3) is 22.3 Å². The third-order valence-electron chi connectivity index (χ3n) is 6.09. The van der Waals surface area contributed by atoms with E-state index in [1.807, 2.05) is 6.07 Å². The van der Waals surface area contributed by atoms with Crippen molar-refractivity contribution in [2.45, 2.75) is 24.0 Å². The van der Waals surface area contributed by atoms with Gasteiger partial charge in [0.25, 0.3) is 0 Å². The molecule has 0 amide bonds. The second kappa shape index (κ2) is 9.95. The molecule has 0 fully saturated rings. The molecule has 3 aromatic carbocycles. The number of rotatable bonds is 7. The first kappa shape index (κ1) is 24.5. The van der Waals surface area contributed by atoms with E-state index in [2.05, 4.69) is 4.98 Å². The molecule has 0 unspecified atom stereocenters. The zero-order valence-electron chi connectivity index (χ0n) is 19.3. The van der Waals surface area contributed by atoms with Gasteiger partial charge in [0.15, 0.2) is 0 Å². The Hall–Kier alpha value is -3.59. The number of nitrogen functional groups attached to an aromatic ring is 1. The molecule has 35 heavy (non-hydrogen) atoms. The molecular formula is C27H26FN3O3S. The van der Waals surface area contributed by atoms with Crippen LogP contribution in [0.3, 0.4) is 0 Å². The van der Waals surface area contributed by atoms with Crippen molar-refractivity contribution in [3.8, 4) is 22.3 Å². The summed E-state index contributed by atoms with van der Waals surface area (Å²) >= 11 is 0. The first-order valence-electron chi connectivity index (χ1n) is 11.0. The second-order valence-corrected chi connectivity index (χ2v) is 10.2. The highest BCUT2D eigenvalue weighted by atomic mass is 32.2. The summed E-state index contributed by atoms with van der Waals surface area (Å²) in [4.78, 5) is 4.03. The number of nitrogens with two attached hydrogens (primary N) is 1. The summed E-state index contributed by atoms with van der Waals surface area (Å²) in [5.74, 6) is -0.178. The van der Waals surface area contributed by atoms with Gasteiger partial charge in [0.2, 0.25) is 10.0 Å². The number of aliphatic hydroxyl groups excluding tert-OH is 1.